The number of hydrogen-bond acceptors (Lipinski definition) is 3. The number of hydrogen-bond donors (Lipinski definition) is 2. The summed E-state index contributed by atoms with van der Waals surface area (Å²) >= 11 is 6.11. The number of nitrogens with zero attached hydrogens (tertiary/aromatic N) is 1. The van der Waals surface area contributed by atoms with Gasteiger partial charge in [-0.25, -0.2) is 0 Å². The zero-order chi connectivity index (χ0) is 17.6. The number of carbonyl (C=O) groups is 1. The average Bonchev–Trinajstić information content (AvgIpc) is 3.37. The topological polar surface area (TPSA) is 62.7 Å². The summed E-state index contributed by atoms with van der Waals surface area (Å²) in [6.07, 6.45) is 2.24. The van der Waals surface area contributed by atoms with Crippen LogP contribution in [0.15, 0.2) is 29.3 Å². The van der Waals surface area contributed by atoms with Crippen molar-refractivity contribution in [2.75, 3.05) is 26.7 Å². The second-order valence-electron chi connectivity index (χ2n) is 6.29. The van der Waals surface area contributed by atoms with Crippen molar-refractivity contribution in [1.29, 1.82) is 0 Å². The zero-order valence-electron chi connectivity index (χ0n) is 14.6. The fourth-order valence-electron chi connectivity index (χ4n) is 2.61. The van der Waals surface area contributed by atoms with Crippen molar-refractivity contribution in [1.82, 2.24) is 10.6 Å². The minimum atomic E-state index is -0.226. The minimum Gasteiger partial charge on any atom is -0.469 e. The molecule has 1 aliphatic rings. The molecule has 132 valence electrons. The van der Waals surface area contributed by atoms with Crippen LogP contribution in [0.4, 0.5) is 0 Å². The third-order valence-corrected chi connectivity index (χ3v) is 4.59. The van der Waals surface area contributed by atoms with E-state index in [1.165, 1.54) is 12.7 Å². The number of carbonyl (C=O) groups excluding carboxylic acids is 1. The van der Waals surface area contributed by atoms with E-state index in [1.807, 2.05) is 32.0 Å². The second-order valence-corrected chi connectivity index (χ2v) is 6.73. The molecule has 5 nitrogen and oxygen atoms in total. The van der Waals surface area contributed by atoms with Gasteiger partial charge in [0, 0.05) is 23.5 Å². The Morgan fingerprint density at radius 3 is 2.75 bits per heavy atom. The van der Waals surface area contributed by atoms with Crippen molar-refractivity contribution in [3.63, 3.8) is 0 Å². The van der Waals surface area contributed by atoms with E-state index in [4.69, 9.17) is 21.3 Å². The van der Waals surface area contributed by atoms with Gasteiger partial charge in [0.05, 0.1) is 19.6 Å². The number of rotatable bonds is 7. The highest BCUT2D eigenvalue weighted by Gasteiger charge is 2.44. The highest BCUT2D eigenvalue weighted by atomic mass is 35.5. The SMILES string of the molecule is CCNC(=NCC1(c2cccc(Cl)c2)CC1)NCC(C)C(=O)OC. The molecule has 0 heterocycles. The molecule has 0 aliphatic heterocycles. The van der Waals surface area contributed by atoms with E-state index in [1.54, 1.807) is 0 Å². The number of benzene rings is 1. The monoisotopic (exact) mass is 351 g/mol. The van der Waals surface area contributed by atoms with E-state index in [0.29, 0.717) is 13.1 Å². The lowest BCUT2D eigenvalue weighted by atomic mass is 9.96. The first-order valence-corrected chi connectivity index (χ1v) is 8.74. The molecule has 2 rings (SSSR count). The van der Waals surface area contributed by atoms with Crippen LogP contribution in [0.3, 0.4) is 0 Å². The fraction of sp³-hybridized carbons (Fsp3) is 0.556. The van der Waals surface area contributed by atoms with Crippen LogP contribution >= 0.6 is 11.6 Å². The summed E-state index contributed by atoms with van der Waals surface area (Å²) in [6, 6.07) is 8.03. The van der Waals surface area contributed by atoms with E-state index in [0.717, 1.165) is 30.4 Å². The van der Waals surface area contributed by atoms with Gasteiger partial charge in [-0.15, -0.1) is 0 Å². The lowest BCUT2D eigenvalue weighted by Gasteiger charge is -2.17. The molecule has 0 spiro atoms. The van der Waals surface area contributed by atoms with Gasteiger partial charge in [0.2, 0.25) is 0 Å². The quantitative estimate of drug-likeness (QED) is 0.450. The van der Waals surface area contributed by atoms with Crippen molar-refractivity contribution in [2.45, 2.75) is 32.1 Å². The minimum absolute atomic E-state index is 0.0984. The summed E-state index contributed by atoms with van der Waals surface area (Å²) in [4.78, 5) is 16.2. The first kappa shape index (κ1) is 18.6. The van der Waals surface area contributed by atoms with E-state index in [9.17, 15) is 4.79 Å². The van der Waals surface area contributed by atoms with Crippen molar-refractivity contribution in [3.05, 3.63) is 34.9 Å². The van der Waals surface area contributed by atoms with Gasteiger partial charge in [-0.2, -0.15) is 0 Å². The summed E-state index contributed by atoms with van der Waals surface area (Å²) in [7, 11) is 1.40. The van der Waals surface area contributed by atoms with Crippen LogP contribution in [0, 0.1) is 5.92 Å². The molecule has 0 amide bonds. The normalized spacial score (nSPS) is 17.1. The summed E-state index contributed by atoms with van der Waals surface area (Å²) in [5.74, 6) is 0.277. The molecule has 6 heteroatoms. The molecule has 0 radical (unpaired) electrons. The van der Waals surface area contributed by atoms with Gasteiger partial charge in [-0.1, -0.05) is 30.7 Å². The van der Waals surface area contributed by atoms with Crippen LogP contribution in [-0.2, 0) is 14.9 Å². The van der Waals surface area contributed by atoms with E-state index < -0.39 is 0 Å². The first-order chi connectivity index (χ1) is 11.5. The van der Waals surface area contributed by atoms with Crippen molar-refractivity contribution in [3.8, 4) is 0 Å². The molecule has 24 heavy (non-hydrogen) atoms. The van der Waals surface area contributed by atoms with Crippen LogP contribution in [0.1, 0.15) is 32.3 Å². The van der Waals surface area contributed by atoms with Crippen LogP contribution in [0.2, 0.25) is 5.02 Å². The predicted molar refractivity (Wildman–Crippen MR) is 97.5 cm³/mol. The Balaban J connectivity index is 1.99. The highest BCUT2D eigenvalue weighted by Crippen LogP contribution is 2.48. The summed E-state index contributed by atoms with van der Waals surface area (Å²) in [5.41, 5.74) is 1.35. The molecule has 1 aromatic carbocycles. The van der Waals surface area contributed by atoms with Crippen LogP contribution < -0.4 is 10.6 Å². The van der Waals surface area contributed by atoms with E-state index in [2.05, 4.69) is 16.7 Å². The van der Waals surface area contributed by atoms with Gasteiger partial charge in [0.25, 0.3) is 0 Å². The Hall–Kier alpha value is -1.75. The Kier molecular flexibility index (Phi) is 6.49. The molecular formula is C18H26ClN3O2. The first-order valence-electron chi connectivity index (χ1n) is 8.37. The van der Waals surface area contributed by atoms with Crippen LogP contribution in [0.5, 0.6) is 0 Å². The standard InChI is InChI=1S/C18H26ClN3O2/c1-4-20-17(21-11-13(2)16(23)24-3)22-12-18(8-9-18)14-6-5-7-15(19)10-14/h5-7,10,13H,4,8-9,11-12H2,1-3H3,(H2,20,21,22). The Morgan fingerprint density at radius 2 is 2.17 bits per heavy atom. The molecule has 1 fully saturated rings. The maximum atomic E-state index is 11.5. The number of esters is 1. The van der Waals surface area contributed by atoms with Gasteiger partial charge in [-0.3, -0.25) is 9.79 Å². The lowest BCUT2D eigenvalue weighted by Crippen LogP contribution is -2.41. The third kappa shape index (κ3) is 4.87. The summed E-state index contributed by atoms with van der Waals surface area (Å²) < 4.78 is 4.75. The molecule has 1 aromatic rings. The Morgan fingerprint density at radius 1 is 1.42 bits per heavy atom. The van der Waals surface area contributed by atoms with Gasteiger partial charge in [-0.05, 0) is 37.5 Å². The van der Waals surface area contributed by atoms with Gasteiger partial charge >= 0.3 is 5.97 Å². The van der Waals surface area contributed by atoms with Crippen molar-refractivity contribution < 1.29 is 9.53 Å². The molecule has 2 N–H and O–H groups in total. The smallest absolute Gasteiger partial charge is 0.310 e. The van der Waals surface area contributed by atoms with Crippen LogP contribution in [0.25, 0.3) is 0 Å². The van der Waals surface area contributed by atoms with Crippen LogP contribution in [-0.4, -0.2) is 38.7 Å². The maximum Gasteiger partial charge on any atom is 0.310 e. The third-order valence-electron chi connectivity index (χ3n) is 4.35. The Bertz CT molecular complexity index is 600. The predicted octanol–water partition coefficient (Wildman–Crippen LogP) is 2.74. The van der Waals surface area contributed by atoms with E-state index in [-0.39, 0.29) is 17.3 Å². The zero-order valence-corrected chi connectivity index (χ0v) is 15.3. The maximum absolute atomic E-state index is 11.5. The lowest BCUT2D eigenvalue weighted by molar-refractivity contribution is -0.144. The molecule has 1 aliphatic carbocycles. The van der Waals surface area contributed by atoms with E-state index >= 15 is 0 Å². The molecule has 1 atom stereocenters. The van der Waals surface area contributed by atoms with Gasteiger partial charge in [0.1, 0.15) is 0 Å². The molecule has 1 unspecified atom stereocenters. The Labute approximate surface area is 148 Å². The number of guanidine groups is 1. The largest absolute Gasteiger partial charge is 0.469 e. The van der Waals surface area contributed by atoms with Gasteiger partial charge < -0.3 is 15.4 Å². The fourth-order valence-corrected chi connectivity index (χ4v) is 2.80. The van der Waals surface area contributed by atoms with Crippen molar-refractivity contribution >= 4 is 23.5 Å². The summed E-state index contributed by atoms with van der Waals surface area (Å²) in [6.45, 7) is 5.81. The summed E-state index contributed by atoms with van der Waals surface area (Å²) in [5, 5.41) is 7.19. The number of ether oxygens (including phenoxy) is 1. The molecule has 1 saturated carbocycles. The molecule has 0 bridgehead atoms. The number of halogens is 1. The van der Waals surface area contributed by atoms with Gasteiger partial charge in [0.15, 0.2) is 5.96 Å². The highest BCUT2D eigenvalue weighted by molar-refractivity contribution is 6.30. The molecule has 0 aromatic heterocycles. The second kappa shape index (κ2) is 8.38. The number of methoxy groups -OCH3 is 1. The number of nitrogens with one attached hydrogen (secondary N) is 2. The average molecular weight is 352 g/mol. The van der Waals surface area contributed by atoms with Crippen molar-refractivity contribution in [2.24, 2.45) is 10.9 Å². The molecular weight excluding hydrogens is 326 g/mol. The number of aliphatic imine (C=N–C) groups is 1. The molecule has 0 saturated heterocycles.